The summed E-state index contributed by atoms with van der Waals surface area (Å²) in [7, 11) is 0. The summed E-state index contributed by atoms with van der Waals surface area (Å²) < 4.78 is 23.9. The van der Waals surface area contributed by atoms with Crippen LogP contribution in [0.25, 0.3) is 0 Å². The first-order valence-electron chi connectivity index (χ1n) is 12.1. The van der Waals surface area contributed by atoms with Crippen molar-refractivity contribution < 1.29 is 33.6 Å². The Morgan fingerprint density at radius 1 is 0.811 bits per heavy atom. The quantitative estimate of drug-likeness (QED) is 0.408. The monoisotopic (exact) mass is 505 g/mol. The summed E-state index contributed by atoms with van der Waals surface area (Å²) in [5.41, 5.74) is 2.24. The summed E-state index contributed by atoms with van der Waals surface area (Å²) in [5.74, 6) is -0.872. The predicted octanol–water partition coefficient (Wildman–Crippen LogP) is 3.24. The van der Waals surface area contributed by atoms with Crippen LogP contribution in [0.15, 0.2) is 91.0 Å². The van der Waals surface area contributed by atoms with Gasteiger partial charge in [0, 0.05) is 6.92 Å². The van der Waals surface area contributed by atoms with Gasteiger partial charge in [-0.1, -0.05) is 78.9 Å². The molecule has 3 aromatic carbocycles. The van der Waals surface area contributed by atoms with Crippen LogP contribution in [0.4, 0.5) is 0 Å². The highest BCUT2D eigenvalue weighted by Crippen LogP contribution is 2.27. The van der Waals surface area contributed by atoms with Crippen molar-refractivity contribution in [2.45, 2.75) is 50.8 Å². The standard InChI is InChI=1S/C29H31NO7/c1-20(31)30-25-27(35-18-22-13-7-3-8-14-22)26(34-17-21-11-5-2-6-12-21)24(37-29(25)33)19-36-28(32)23-15-9-4-10-16-23/h2-16,24-27,29,33H,17-19H2,1H3,(H,30,31)/t24-,25+,26-,27-,29+/m1/s1. The number of nitrogens with one attached hydrogen (secondary N) is 1. The van der Waals surface area contributed by atoms with E-state index in [2.05, 4.69) is 5.32 Å². The Bertz CT molecular complexity index is 1130. The summed E-state index contributed by atoms with van der Waals surface area (Å²) in [4.78, 5) is 24.6. The molecule has 0 saturated carbocycles. The van der Waals surface area contributed by atoms with Crippen molar-refractivity contribution in [2.75, 3.05) is 6.61 Å². The lowest BCUT2D eigenvalue weighted by Crippen LogP contribution is -2.65. The first kappa shape index (κ1) is 26.5. The molecule has 5 atom stereocenters. The predicted molar refractivity (Wildman–Crippen MR) is 135 cm³/mol. The van der Waals surface area contributed by atoms with Gasteiger partial charge in [0.25, 0.3) is 0 Å². The number of aliphatic hydroxyl groups is 1. The molecule has 8 heteroatoms. The van der Waals surface area contributed by atoms with E-state index in [-0.39, 0.29) is 25.7 Å². The summed E-state index contributed by atoms with van der Waals surface area (Å²) in [6.45, 7) is 1.62. The maximum atomic E-state index is 12.6. The fraction of sp³-hybridized carbons (Fsp3) is 0.310. The number of aliphatic hydroxyl groups excluding tert-OH is 1. The molecule has 194 valence electrons. The average molecular weight is 506 g/mol. The summed E-state index contributed by atoms with van der Waals surface area (Å²) >= 11 is 0. The highest BCUT2D eigenvalue weighted by atomic mass is 16.7. The van der Waals surface area contributed by atoms with E-state index in [9.17, 15) is 14.7 Å². The third-order valence-electron chi connectivity index (χ3n) is 5.99. The third kappa shape index (κ3) is 7.47. The Morgan fingerprint density at radius 3 is 1.86 bits per heavy atom. The van der Waals surface area contributed by atoms with E-state index in [1.165, 1.54) is 6.92 Å². The fourth-order valence-corrected chi connectivity index (χ4v) is 4.19. The molecule has 0 unspecified atom stereocenters. The van der Waals surface area contributed by atoms with E-state index in [0.29, 0.717) is 5.56 Å². The minimum atomic E-state index is -1.40. The smallest absolute Gasteiger partial charge is 0.338 e. The van der Waals surface area contributed by atoms with Crippen LogP contribution in [0, 0.1) is 0 Å². The first-order valence-corrected chi connectivity index (χ1v) is 12.1. The molecule has 0 radical (unpaired) electrons. The van der Waals surface area contributed by atoms with Crippen LogP contribution in [-0.2, 0) is 37.0 Å². The van der Waals surface area contributed by atoms with Crippen LogP contribution in [0.1, 0.15) is 28.4 Å². The van der Waals surface area contributed by atoms with Crippen molar-refractivity contribution in [2.24, 2.45) is 0 Å². The number of ether oxygens (including phenoxy) is 4. The van der Waals surface area contributed by atoms with Crippen LogP contribution >= 0.6 is 0 Å². The van der Waals surface area contributed by atoms with Crippen LogP contribution < -0.4 is 5.32 Å². The van der Waals surface area contributed by atoms with Gasteiger partial charge in [0.15, 0.2) is 6.29 Å². The lowest BCUT2D eigenvalue weighted by atomic mass is 9.96. The number of esters is 1. The summed E-state index contributed by atoms with van der Waals surface area (Å²) in [5, 5.41) is 13.6. The van der Waals surface area contributed by atoms with Gasteiger partial charge in [-0.3, -0.25) is 4.79 Å². The molecule has 1 heterocycles. The first-order chi connectivity index (χ1) is 18.0. The van der Waals surface area contributed by atoms with Gasteiger partial charge in [0.05, 0.1) is 18.8 Å². The zero-order valence-electron chi connectivity index (χ0n) is 20.6. The van der Waals surface area contributed by atoms with Crippen LogP contribution in [0.3, 0.4) is 0 Å². The van der Waals surface area contributed by atoms with E-state index >= 15 is 0 Å². The maximum Gasteiger partial charge on any atom is 0.338 e. The average Bonchev–Trinajstić information content (AvgIpc) is 2.92. The fourth-order valence-electron chi connectivity index (χ4n) is 4.19. The zero-order valence-corrected chi connectivity index (χ0v) is 20.6. The molecule has 4 rings (SSSR count). The number of amides is 1. The largest absolute Gasteiger partial charge is 0.459 e. The molecule has 3 aromatic rings. The second-order valence-electron chi connectivity index (χ2n) is 8.78. The molecule has 0 aromatic heterocycles. The zero-order chi connectivity index (χ0) is 26.0. The van der Waals surface area contributed by atoms with Gasteiger partial charge < -0.3 is 29.4 Å². The van der Waals surface area contributed by atoms with Crippen LogP contribution in [-0.4, -0.2) is 54.2 Å². The molecule has 1 fully saturated rings. The minimum absolute atomic E-state index is 0.178. The summed E-state index contributed by atoms with van der Waals surface area (Å²) in [6, 6.07) is 26.8. The Labute approximate surface area is 216 Å². The van der Waals surface area contributed by atoms with Crippen molar-refractivity contribution >= 4 is 11.9 Å². The lowest BCUT2D eigenvalue weighted by Gasteiger charge is -2.44. The minimum Gasteiger partial charge on any atom is -0.459 e. The molecule has 0 bridgehead atoms. The normalized spacial score (nSPS) is 23.2. The molecule has 1 aliphatic rings. The molecule has 8 nitrogen and oxygen atoms in total. The van der Waals surface area contributed by atoms with E-state index in [1.807, 2.05) is 66.7 Å². The molecule has 2 N–H and O–H groups in total. The number of hydrogen-bond acceptors (Lipinski definition) is 7. The third-order valence-corrected chi connectivity index (χ3v) is 5.99. The van der Waals surface area contributed by atoms with E-state index in [1.54, 1.807) is 24.3 Å². The van der Waals surface area contributed by atoms with Gasteiger partial charge in [-0.2, -0.15) is 0 Å². The Hall–Kier alpha value is -3.56. The molecular weight excluding hydrogens is 474 g/mol. The number of benzene rings is 3. The van der Waals surface area contributed by atoms with Gasteiger partial charge in [0.2, 0.25) is 5.91 Å². The number of rotatable bonds is 10. The van der Waals surface area contributed by atoms with E-state index < -0.39 is 36.6 Å². The van der Waals surface area contributed by atoms with Crippen molar-refractivity contribution in [3.05, 3.63) is 108 Å². The summed E-state index contributed by atoms with van der Waals surface area (Å²) in [6.07, 6.45) is -3.82. The van der Waals surface area contributed by atoms with E-state index in [0.717, 1.165) is 11.1 Å². The number of hydrogen-bond donors (Lipinski definition) is 2. The SMILES string of the molecule is CC(=O)N[C@H]1[C@@H](OCc2ccccc2)[C@H](OCc2ccccc2)[C@@H](COC(=O)c2ccccc2)O[C@@H]1O. The van der Waals surface area contributed by atoms with Crippen molar-refractivity contribution in [3.63, 3.8) is 0 Å². The highest BCUT2D eigenvalue weighted by Gasteiger charge is 2.48. The topological polar surface area (TPSA) is 103 Å². The Balaban J connectivity index is 1.56. The van der Waals surface area contributed by atoms with Gasteiger partial charge in [-0.05, 0) is 23.3 Å². The molecule has 0 aliphatic carbocycles. The number of carbonyl (C=O) groups excluding carboxylic acids is 2. The Kier molecular flexibility index (Phi) is 9.40. The molecule has 1 saturated heterocycles. The lowest BCUT2D eigenvalue weighted by molar-refractivity contribution is -0.274. The van der Waals surface area contributed by atoms with Gasteiger partial charge in [-0.15, -0.1) is 0 Å². The Morgan fingerprint density at radius 2 is 1.32 bits per heavy atom. The van der Waals surface area contributed by atoms with Crippen LogP contribution in [0.5, 0.6) is 0 Å². The van der Waals surface area contributed by atoms with Gasteiger partial charge in [-0.25, -0.2) is 4.79 Å². The van der Waals surface area contributed by atoms with Gasteiger partial charge >= 0.3 is 5.97 Å². The molecule has 1 amide bonds. The number of carbonyl (C=O) groups is 2. The highest BCUT2D eigenvalue weighted by molar-refractivity contribution is 5.89. The van der Waals surface area contributed by atoms with E-state index in [4.69, 9.17) is 18.9 Å². The van der Waals surface area contributed by atoms with Crippen molar-refractivity contribution in [1.29, 1.82) is 0 Å². The van der Waals surface area contributed by atoms with Crippen molar-refractivity contribution in [3.8, 4) is 0 Å². The molecule has 37 heavy (non-hydrogen) atoms. The molecular formula is C29H31NO7. The van der Waals surface area contributed by atoms with Crippen molar-refractivity contribution in [1.82, 2.24) is 5.32 Å². The van der Waals surface area contributed by atoms with Crippen LogP contribution in [0.2, 0.25) is 0 Å². The molecule has 0 spiro atoms. The second-order valence-corrected chi connectivity index (χ2v) is 8.78. The maximum absolute atomic E-state index is 12.6. The second kappa shape index (κ2) is 13.1. The van der Waals surface area contributed by atoms with Gasteiger partial charge in [0.1, 0.15) is 31.0 Å². The molecule has 1 aliphatic heterocycles.